The molecule has 0 aliphatic rings. The quantitative estimate of drug-likeness (QED) is 0.591. The second-order valence-corrected chi connectivity index (χ2v) is 6.88. The number of nitrogens with one attached hydrogen (secondary N) is 1. The van der Waals surface area contributed by atoms with Crippen molar-refractivity contribution in [3.63, 3.8) is 0 Å². The van der Waals surface area contributed by atoms with Gasteiger partial charge < -0.3 is 9.88 Å². The molecule has 0 saturated carbocycles. The summed E-state index contributed by atoms with van der Waals surface area (Å²) in [6.07, 6.45) is 5.62. The molecule has 7 nitrogen and oxygen atoms in total. The van der Waals surface area contributed by atoms with E-state index in [0.29, 0.717) is 17.6 Å². The zero-order valence-electron chi connectivity index (χ0n) is 15.8. The van der Waals surface area contributed by atoms with Gasteiger partial charge in [0.25, 0.3) is 0 Å². The van der Waals surface area contributed by atoms with E-state index in [2.05, 4.69) is 39.3 Å². The lowest BCUT2D eigenvalue weighted by Crippen LogP contribution is -2.01. The van der Waals surface area contributed by atoms with Crippen LogP contribution in [0.3, 0.4) is 0 Å². The third-order valence-corrected chi connectivity index (χ3v) is 4.40. The Morgan fingerprint density at radius 2 is 1.81 bits per heavy atom. The predicted octanol–water partition coefficient (Wildman–Crippen LogP) is 4.09. The van der Waals surface area contributed by atoms with Crippen LogP contribution in [0.1, 0.15) is 36.8 Å². The minimum atomic E-state index is 0.388. The molecular formula is C20H21N7. The van der Waals surface area contributed by atoms with Gasteiger partial charge in [-0.25, -0.2) is 9.97 Å². The van der Waals surface area contributed by atoms with Gasteiger partial charge in [0.2, 0.25) is 0 Å². The minimum Gasteiger partial charge on any atom is -0.323 e. The molecule has 4 aromatic rings. The van der Waals surface area contributed by atoms with Gasteiger partial charge in [-0.3, -0.25) is 4.98 Å². The molecule has 0 unspecified atom stereocenters. The van der Waals surface area contributed by atoms with Crippen molar-refractivity contribution in [1.82, 2.24) is 29.7 Å². The van der Waals surface area contributed by atoms with Gasteiger partial charge in [-0.1, -0.05) is 13.8 Å². The molecule has 0 atom stereocenters. The Morgan fingerprint density at radius 3 is 2.56 bits per heavy atom. The fourth-order valence-corrected chi connectivity index (χ4v) is 2.97. The van der Waals surface area contributed by atoms with E-state index in [1.54, 1.807) is 6.20 Å². The number of nitrogens with zero attached hydrogens (tertiary/aromatic N) is 6. The SMILES string of the molecule is Cc1cn(-c2cnc3ccc(Nc4cc(C(C)C)cnn4)nc3c2)c(C)n1. The van der Waals surface area contributed by atoms with Gasteiger partial charge in [0.15, 0.2) is 5.82 Å². The van der Waals surface area contributed by atoms with E-state index in [0.717, 1.165) is 33.8 Å². The number of anilines is 2. The Labute approximate surface area is 157 Å². The first-order chi connectivity index (χ1) is 13.0. The number of aryl methyl sites for hydroxylation is 2. The Kier molecular flexibility index (Phi) is 4.27. The highest BCUT2D eigenvalue weighted by Gasteiger charge is 2.08. The first kappa shape index (κ1) is 17.1. The van der Waals surface area contributed by atoms with Crippen molar-refractivity contribution in [1.29, 1.82) is 0 Å². The second kappa shape index (κ2) is 6.75. The zero-order valence-corrected chi connectivity index (χ0v) is 15.8. The van der Waals surface area contributed by atoms with Crippen LogP contribution in [0.2, 0.25) is 0 Å². The van der Waals surface area contributed by atoms with Crippen molar-refractivity contribution in [2.75, 3.05) is 5.32 Å². The van der Waals surface area contributed by atoms with E-state index >= 15 is 0 Å². The van der Waals surface area contributed by atoms with Crippen LogP contribution < -0.4 is 5.32 Å². The fourth-order valence-electron chi connectivity index (χ4n) is 2.97. The second-order valence-electron chi connectivity index (χ2n) is 6.88. The van der Waals surface area contributed by atoms with Gasteiger partial charge in [0.1, 0.15) is 11.6 Å². The van der Waals surface area contributed by atoms with Crippen molar-refractivity contribution in [2.24, 2.45) is 0 Å². The first-order valence-electron chi connectivity index (χ1n) is 8.89. The Hall–Kier alpha value is -3.35. The monoisotopic (exact) mass is 359 g/mol. The van der Waals surface area contributed by atoms with Crippen molar-refractivity contribution in [3.05, 3.63) is 59.9 Å². The predicted molar refractivity (Wildman–Crippen MR) is 106 cm³/mol. The highest BCUT2D eigenvalue weighted by atomic mass is 15.2. The van der Waals surface area contributed by atoms with Crippen LogP contribution in [0.5, 0.6) is 0 Å². The largest absolute Gasteiger partial charge is 0.323 e. The van der Waals surface area contributed by atoms with E-state index in [4.69, 9.17) is 4.98 Å². The molecule has 136 valence electrons. The molecule has 0 spiro atoms. The van der Waals surface area contributed by atoms with Crippen LogP contribution in [-0.4, -0.2) is 29.7 Å². The van der Waals surface area contributed by atoms with E-state index in [9.17, 15) is 0 Å². The van der Waals surface area contributed by atoms with E-state index in [1.165, 1.54) is 0 Å². The van der Waals surface area contributed by atoms with Crippen molar-refractivity contribution in [2.45, 2.75) is 33.6 Å². The Morgan fingerprint density at radius 1 is 0.963 bits per heavy atom. The molecule has 4 rings (SSSR count). The summed E-state index contributed by atoms with van der Waals surface area (Å²) in [6, 6.07) is 7.85. The third kappa shape index (κ3) is 3.48. The van der Waals surface area contributed by atoms with Gasteiger partial charge >= 0.3 is 0 Å². The molecule has 0 saturated heterocycles. The summed E-state index contributed by atoms with van der Waals surface area (Å²) in [5, 5.41) is 11.4. The summed E-state index contributed by atoms with van der Waals surface area (Å²) < 4.78 is 2.02. The number of hydrogen-bond donors (Lipinski definition) is 1. The maximum absolute atomic E-state index is 4.69. The fraction of sp³-hybridized carbons (Fsp3) is 0.250. The van der Waals surface area contributed by atoms with Gasteiger partial charge in [-0.15, -0.1) is 5.10 Å². The number of imidazole rings is 1. The van der Waals surface area contributed by atoms with Gasteiger partial charge in [0.05, 0.1) is 34.8 Å². The molecule has 4 aromatic heterocycles. The molecular weight excluding hydrogens is 338 g/mol. The van der Waals surface area contributed by atoms with Crippen molar-refractivity contribution in [3.8, 4) is 5.69 Å². The maximum Gasteiger partial charge on any atom is 0.154 e. The van der Waals surface area contributed by atoms with Gasteiger partial charge in [0, 0.05) is 6.20 Å². The molecule has 4 heterocycles. The van der Waals surface area contributed by atoms with Crippen molar-refractivity contribution >= 4 is 22.7 Å². The number of rotatable bonds is 4. The summed E-state index contributed by atoms with van der Waals surface area (Å²) in [4.78, 5) is 13.7. The lowest BCUT2D eigenvalue weighted by molar-refractivity contribution is 0.843. The first-order valence-corrected chi connectivity index (χ1v) is 8.89. The van der Waals surface area contributed by atoms with Crippen LogP contribution in [0.15, 0.2) is 42.9 Å². The van der Waals surface area contributed by atoms with Crippen LogP contribution in [0.4, 0.5) is 11.6 Å². The van der Waals surface area contributed by atoms with E-state index in [-0.39, 0.29) is 0 Å². The molecule has 0 aliphatic heterocycles. The molecule has 0 bridgehead atoms. The molecule has 0 amide bonds. The summed E-state index contributed by atoms with van der Waals surface area (Å²) in [7, 11) is 0. The van der Waals surface area contributed by atoms with Crippen LogP contribution in [-0.2, 0) is 0 Å². The lowest BCUT2D eigenvalue weighted by atomic mass is 10.1. The molecule has 0 radical (unpaired) electrons. The lowest BCUT2D eigenvalue weighted by Gasteiger charge is -2.09. The standard InChI is InChI=1S/C20H21N7/c1-12(2)15-7-20(26-22-9-15)25-19-6-5-17-18(24-19)8-16(10-21-17)27-11-13(3)23-14(27)4/h5-12H,1-4H3,(H,24,25,26). The smallest absolute Gasteiger partial charge is 0.154 e. The number of hydrogen-bond acceptors (Lipinski definition) is 6. The molecule has 1 N–H and O–H groups in total. The molecule has 0 aromatic carbocycles. The molecule has 7 heteroatoms. The molecule has 27 heavy (non-hydrogen) atoms. The van der Waals surface area contributed by atoms with Crippen molar-refractivity contribution < 1.29 is 0 Å². The minimum absolute atomic E-state index is 0.388. The summed E-state index contributed by atoms with van der Waals surface area (Å²) in [5.41, 5.74) is 4.67. The highest BCUT2D eigenvalue weighted by Crippen LogP contribution is 2.21. The van der Waals surface area contributed by atoms with Crippen LogP contribution in [0.25, 0.3) is 16.7 Å². The zero-order chi connectivity index (χ0) is 19.0. The van der Waals surface area contributed by atoms with E-state index in [1.807, 2.05) is 55.1 Å². The Bertz CT molecular complexity index is 1110. The maximum atomic E-state index is 4.69. The number of fused-ring (bicyclic) bond motifs is 1. The average molecular weight is 359 g/mol. The topological polar surface area (TPSA) is 81.4 Å². The summed E-state index contributed by atoms with van der Waals surface area (Å²) in [5.74, 6) is 2.69. The van der Waals surface area contributed by atoms with Crippen LogP contribution >= 0.6 is 0 Å². The highest BCUT2D eigenvalue weighted by molar-refractivity contribution is 5.78. The van der Waals surface area contributed by atoms with Crippen LogP contribution in [0, 0.1) is 13.8 Å². The average Bonchev–Trinajstić information content (AvgIpc) is 2.99. The number of aromatic nitrogens is 6. The Balaban J connectivity index is 1.69. The summed E-state index contributed by atoms with van der Waals surface area (Å²) >= 11 is 0. The number of pyridine rings is 2. The molecule has 0 aliphatic carbocycles. The summed E-state index contributed by atoms with van der Waals surface area (Å²) in [6.45, 7) is 8.21. The van der Waals surface area contributed by atoms with E-state index < -0.39 is 0 Å². The third-order valence-electron chi connectivity index (χ3n) is 4.40. The van der Waals surface area contributed by atoms with Gasteiger partial charge in [-0.2, -0.15) is 5.10 Å². The molecule has 0 fully saturated rings. The normalized spacial score (nSPS) is 11.3. The van der Waals surface area contributed by atoms with Gasteiger partial charge in [-0.05, 0) is 49.6 Å².